The first kappa shape index (κ1) is 17.4. The first-order chi connectivity index (χ1) is 14.0. The van der Waals surface area contributed by atoms with E-state index < -0.39 is 0 Å². The fourth-order valence-electron chi connectivity index (χ4n) is 7.11. The molecule has 148 valence electrons. The Morgan fingerprint density at radius 2 is 1.14 bits per heavy atom. The monoisotopic (exact) mass is 386 g/mol. The van der Waals surface area contributed by atoms with Crippen molar-refractivity contribution in [1.82, 2.24) is 0 Å². The zero-order valence-electron chi connectivity index (χ0n) is 17.0. The van der Waals surface area contributed by atoms with Crippen LogP contribution in [0.5, 0.6) is 0 Å². The summed E-state index contributed by atoms with van der Waals surface area (Å²) in [6.45, 7) is 4.30. The molecule has 0 aromatic heterocycles. The van der Waals surface area contributed by atoms with Gasteiger partial charge in [-0.2, -0.15) is 0 Å². The molecule has 2 aromatic carbocycles. The van der Waals surface area contributed by atoms with E-state index in [2.05, 4.69) is 50.2 Å². The van der Waals surface area contributed by atoms with Crippen LogP contribution in [0.25, 0.3) is 0 Å². The lowest BCUT2D eigenvalue weighted by Gasteiger charge is -2.52. The zero-order chi connectivity index (χ0) is 19.9. The molecule has 1 aliphatic heterocycles. The number of esters is 2. The molecule has 3 heteroatoms. The lowest BCUT2D eigenvalue weighted by Crippen LogP contribution is -2.48. The number of fused-ring (bicyclic) bond motifs is 10. The van der Waals surface area contributed by atoms with Gasteiger partial charge in [-0.15, -0.1) is 0 Å². The molecule has 2 aromatic rings. The molecule has 1 heterocycles. The Kier molecular flexibility index (Phi) is 3.63. The molecule has 0 amide bonds. The minimum absolute atomic E-state index is 0.195. The summed E-state index contributed by atoms with van der Waals surface area (Å²) < 4.78 is 5.25. The van der Waals surface area contributed by atoms with E-state index in [0.29, 0.717) is 11.8 Å². The molecule has 0 radical (unpaired) electrons. The number of rotatable bonds is 0. The van der Waals surface area contributed by atoms with Gasteiger partial charge in [0.15, 0.2) is 0 Å². The summed E-state index contributed by atoms with van der Waals surface area (Å²) in [7, 11) is 0. The van der Waals surface area contributed by atoms with E-state index >= 15 is 0 Å². The molecule has 6 rings (SSSR count). The third kappa shape index (κ3) is 2.36. The van der Waals surface area contributed by atoms with Gasteiger partial charge in [0.1, 0.15) is 0 Å². The molecule has 29 heavy (non-hydrogen) atoms. The quantitative estimate of drug-likeness (QED) is 0.490. The van der Waals surface area contributed by atoms with Crippen LogP contribution in [0.2, 0.25) is 0 Å². The van der Waals surface area contributed by atoms with E-state index in [1.165, 1.54) is 33.4 Å². The van der Waals surface area contributed by atoms with Gasteiger partial charge in [0, 0.05) is 0 Å². The Morgan fingerprint density at radius 3 is 1.59 bits per heavy atom. The Bertz CT molecular complexity index is 968. The second-order valence-electron chi connectivity index (χ2n) is 9.65. The number of carbonyl (C=O) groups is 2. The highest BCUT2D eigenvalue weighted by Crippen LogP contribution is 2.63. The van der Waals surface area contributed by atoms with Crippen molar-refractivity contribution in [2.24, 2.45) is 23.7 Å². The smallest absolute Gasteiger partial charge is 0.317 e. The van der Waals surface area contributed by atoms with Crippen molar-refractivity contribution in [3.8, 4) is 0 Å². The minimum Gasteiger partial charge on any atom is -0.393 e. The summed E-state index contributed by atoms with van der Waals surface area (Å²) in [5, 5.41) is 0. The standard InChI is InChI=1S/C26H26O3/c1-13-3-5-15-7-9-17-21(19(15)11-13)22-18(24-23(17)25(27)29-26(24)28)10-8-16-6-4-14(2)12-20(16)22/h3-6,11-12,17-18,21-24H,7-10H2,1-2H3. The molecule has 6 atom stereocenters. The third-order valence-electron chi connectivity index (χ3n) is 8.18. The maximum absolute atomic E-state index is 12.8. The van der Waals surface area contributed by atoms with Gasteiger partial charge >= 0.3 is 11.9 Å². The van der Waals surface area contributed by atoms with Crippen molar-refractivity contribution >= 4 is 11.9 Å². The van der Waals surface area contributed by atoms with Crippen LogP contribution in [0, 0.1) is 37.5 Å². The first-order valence-electron chi connectivity index (χ1n) is 11.0. The topological polar surface area (TPSA) is 43.4 Å². The van der Waals surface area contributed by atoms with Gasteiger partial charge < -0.3 is 4.74 Å². The molecule has 3 aliphatic carbocycles. The van der Waals surface area contributed by atoms with Crippen LogP contribution < -0.4 is 0 Å². The average Bonchev–Trinajstić information content (AvgIpc) is 3.01. The Morgan fingerprint density at radius 1 is 0.690 bits per heavy atom. The highest BCUT2D eigenvalue weighted by atomic mass is 16.6. The molecule has 1 saturated heterocycles. The number of cyclic esters (lactones) is 2. The van der Waals surface area contributed by atoms with Crippen LogP contribution in [-0.4, -0.2) is 11.9 Å². The number of ether oxygens (including phenoxy) is 1. The average molecular weight is 386 g/mol. The summed E-state index contributed by atoms with van der Waals surface area (Å²) in [5.41, 5.74) is 8.22. The summed E-state index contributed by atoms with van der Waals surface area (Å²) >= 11 is 0. The van der Waals surface area contributed by atoms with Crippen molar-refractivity contribution in [2.45, 2.75) is 51.4 Å². The maximum atomic E-state index is 12.8. The summed E-state index contributed by atoms with van der Waals surface area (Å²) in [6, 6.07) is 13.6. The van der Waals surface area contributed by atoms with E-state index in [9.17, 15) is 9.59 Å². The van der Waals surface area contributed by atoms with E-state index in [1.807, 2.05) is 0 Å². The van der Waals surface area contributed by atoms with E-state index in [1.54, 1.807) is 0 Å². The first-order valence-corrected chi connectivity index (χ1v) is 11.0. The van der Waals surface area contributed by atoms with Crippen LogP contribution in [0.3, 0.4) is 0 Å². The lowest BCUT2D eigenvalue weighted by atomic mass is 9.49. The van der Waals surface area contributed by atoms with Gasteiger partial charge in [-0.05, 0) is 85.5 Å². The molecule has 6 unspecified atom stereocenters. The number of hydrogen-bond donors (Lipinski definition) is 0. The van der Waals surface area contributed by atoms with Crippen molar-refractivity contribution in [3.05, 3.63) is 69.8 Å². The zero-order valence-corrected chi connectivity index (χ0v) is 17.0. The number of carbonyl (C=O) groups excluding carboxylic acids is 2. The van der Waals surface area contributed by atoms with Gasteiger partial charge in [-0.3, -0.25) is 9.59 Å². The second kappa shape index (κ2) is 6.04. The minimum atomic E-state index is -0.264. The van der Waals surface area contributed by atoms with Crippen molar-refractivity contribution in [2.75, 3.05) is 0 Å². The molecule has 0 spiro atoms. The van der Waals surface area contributed by atoms with Crippen molar-refractivity contribution in [1.29, 1.82) is 0 Å². The molecular formula is C26H26O3. The van der Waals surface area contributed by atoms with E-state index in [4.69, 9.17) is 4.74 Å². The van der Waals surface area contributed by atoms with Crippen LogP contribution in [0.15, 0.2) is 36.4 Å². The molecule has 3 nitrogen and oxygen atoms in total. The molecule has 0 bridgehead atoms. The molecular weight excluding hydrogens is 360 g/mol. The molecule has 4 aliphatic rings. The lowest BCUT2D eigenvalue weighted by molar-refractivity contribution is -0.154. The number of hydrogen-bond acceptors (Lipinski definition) is 3. The normalized spacial score (nSPS) is 34.4. The maximum Gasteiger partial charge on any atom is 0.317 e. The van der Waals surface area contributed by atoms with Crippen molar-refractivity contribution in [3.63, 3.8) is 0 Å². The summed E-state index contributed by atoms with van der Waals surface area (Å²) in [4.78, 5) is 25.6. The van der Waals surface area contributed by atoms with Gasteiger partial charge in [0.05, 0.1) is 11.8 Å². The third-order valence-corrected chi connectivity index (χ3v) is 8.18. The van der Waals surface area contributed by atoms with Crippen LogP contribution in [-0.2, 0) is 27.2 Å². The van der Waals surface area contributed by atoms with Crippen LogP contribution in [0.4, 0.5) is 0 Å². The number of benzene rings is 2. The van der Waals surface area contributed by atoms with Crippen LogP contribution in [0.1, 0.15) is 58.1 Å². The van der Waals surface area contributed by atoms with Gasteiger partial charge in [-0.1, -0.05) is 47.5 Å². The highest BCUT2D eigenvalue weighted by Gasteiger charge is 2.62. The SMILES string of the molecule is Cc1ccc2c(c1)C1C(CC2)C2C(=O)OC(=O)C2C2CCc3ccc(C)cc3C21. The van der Waals surface area contributed by atoms with Crippen LogP contribution >= 0.6 is 0 Å². The second-order valence-corrected chi connectivity index (χ2v) is 9.65. The van der Waals surface area contributed by atoms with Gasteiger partial charge in [-0.25, -0.2) is 0 Å². The molecule has 1 saturated carbocycles. The molecule has 0 N–H and O–H groups in total. The van der Waals surface area contributed by atoms with Gasteiger partial charge in [0.25, 0.3) is 0 Å². The fourth-order valence-corrected chi connectivity index (χ4v) is 7.11. The van der Waals surface area contributed by atoms with E-state index in [-0.39, 0.29) is 35.6 Å². The Hall–Kier alpha value is -2.42. The van der Waals surface area contributed by atoms with Crippen molar-refractivity contribution < 1.29 is 14.3 Å². The number of aryl methyl sites for hydroxylation is 4. The molecule has 2 fully saturated rings. The van der Waals surface area contributed by atoms with E-state index in [0.717, 1.165) is 25.7 Å². The fraction of sp³-hybridized carbons (Fsp3) is 0.462. The summed E-state index contributed by atoms with van der Waals surface area (Å²) in [6.07, 6.45) is 3.91. The Balaban J connectivity index is 1.60. The van der Waals surface area contributed by atoms with Gasteiger partial charge in [0.2, 0.25) is 0 Å². The summed E-state index contributed by atoms with van der Waals surface area (Å²) in [5.74, 6) is -0.0583. The largest absolute Gasteiger partial charge is 0.393 e. The predicted molar refractivity (Wildman–Crippen MR) is 110 cm³/mol. The predicted octanol–water partition coefficient (Wildman–Crippen LogP) is 4.63. The Labute approximate surface area is 171 Å². The highest BCUT2D eigenvalue weighted by molar-refractivity contribution is 5.97.